The van der Waals surface area contributed by atoms with Gasteiger partial charge in [0.1, 0.15) is 29.2 Å². The molecule has 0 amide bonds. The van der Waals surface area contributed by atoms with Crippen LogP contribution in [0, 0.1) is 12.7 Å². The van der Waals surface area contributed by atoms with Crippen LogP contribution in [0.4, 0.5) is 16.0 Å². The fraction of sp³-hybridized carbons (Fsp3) is 0.0526. The van der Waals surface area contributed by atoms with Crippen LogP contribution in [0.3, 0.4) is 0 Å². The number of fused-ring (bicyclic) bond motifs is 1. The van der Waals surface area contributed by atoms with Crippen molar-refractivity contribution in [2.24, 2.45) is 0 Å². The van der Waals surface area contributed by atoms with Crippen molar-refractivity contribution >= 4 is 51.8 Å². The lowest BCUT2D eigenvalue weighted by Gasteiger charge is -2.08. The molecule has 3 aromatic heterocycles. The Balaban J connectivity index is 1.85. The van der Waals surface area contributed by atoms with Gasteiger partial charge in [-0.2, -0.15) is 5.10 Å². The van der Waals surface area contributed by atoms with Crippen molar-refractivity contribution in [3.8, 4) is 5.69 Å². The molecule has 1 aromatic carbocycles. The van der Waals surface area contributed by atoms with Crippen molar-refractivity contribution in [3.05, 3.63) is 70.6 Å². The molecular weight excluding hydrogens is 402 g/mol. The summed E-state index contributed by atoms with van der Waals surface area (Å²) in [5, 5.41) is 8.56. The first kappa shape index (κ1) is 18.3. The molecule has 0 aliphatic rings. The van der Waals surface area contributed by atoms with E-state index >= 15 is 0 Å². The molecule has 0 bridgehead atoms. The minimum absolute atomic E-state index is 0.128. The van der Waals surface area contributed by atoms with Crippen molar-refractivity contribution in [2.75, 3.05) is 5.32 Å². The Kier molecular flexibility index (Phi) is 4.70. The third-order valence-electron chi connectivity index (χ3n) is 4.06. The van der Waals surface area contributed by atoms with Gasteiger partial charge in [-0.1, -0.05) is 35.9 Å². The molecule has 1 N–H and O–H groups in total. The number of nitrogens with one attached hydrogen (secondary N) is 1. The van der Waals surface area contributed by atoms with E-state index in [4.69, 9.17) is 23.2 Å². The van der Waals surface area contributed by atoms with Crippen molar-refractivity contribution < 1.29 is 4.39 Å². The van der Waals surface area contributed by atoms with Gasteiger partial charge < -0.3 is 5.32 Å². The third kappa shape index (κ3) is 3.30. The number of halogens is 3. The Morgan fingerprint density at radius 1 is 1.14 bits per heavy atom. The summed E-state index contributed by atoms with van der Waals surface area (Å²) in [6, 6.07) is 5.17. The molecule has 3 heterocycles. The summed E-state index contributed by atoms with van der Waals surface area (Å²) in [5.41, 5.74) is 2.12. The van der Waals surface area contributed by atoms with Gasteiger partial charge in [-0.25, -0.2) is 24.0 Å². The molecule has 140 valence electrons. The largest absolute Gasteiger partial charge is 0.324 e. The van der Waals surface area contributed by atoms with E-state index in [0.717, 1.165) is 17.5 Å². The Morgan fingerprint density at radius 2 is 1.89 bits per heavy atom. The Morgan fingerprint density at radius 3 is 2.57 bits per heavy atom. The van der Waals surface area contributed by atoms with Crippen molar-refractivity contribution in [2.45, 2.75) is 6.92 Å². The number of aryl methyl sites for hydroxylation is 1. The van der Waals surface area contributed by atoms with E-state index in [1.54, 1.807) is 30.5 Å². The molecule has 9 heteroatoms. The molecule has 6 nitrogen and oxygen atoms in total. The quantitative estimate of drug-likeness (QED) is 0.487. The summed E-state index contributed by atoms with van der Waals surface area (Å²) in [4.78, 5) is 12.3. The second-order valence-electron chi connectivity index (χ2n) is 6.00. The minimum atomic E-state index is -0.562. The number of nitrogens with zero attached hydrogens (tertiary/aromatic N) is 5. The maximum Gasteiger partial charge on any atom is 0.169 e. The molecule has 28 heavy (non-hydrogen) atoms. The third-order valence-corrected chi connectivity index (χ3v) is 4.63. The molecule has 0 radical (unpaired) electrons. The van der Waals surface area contributed by atoms with Crippen LogP contribution in [0.15, 0.2) is 43.5 Å². The Labute approximate surface area is 169 Å². The fourth-order valence-electron chi connectivity index (χ4n) is 2.76. The Bertz CT molecular complexity index is 1200. The van der Waals surface area contributed by atoms with Crippen LogP contribution in [0.5, 0.6) is 0 Å². The highest BCUT2D eigenvalue weighted by Gasteiger charge is 2.17. The maximum absolute atomic E-state index is 14.3. The number of hydrogen-bond acceptors (Lipinski definition) is 5. The van der Waals surface area contributed by atoms with Gasteiger partial charge >= 0.3 is 0 Å². The smallest absolute Gasteiger partial charge is 0.169 e. The second-order valence-corrected chi connectivity index (χ2v) is 6.81. The lowest BCUT2D eigenvalue weighted by molar-refractivity contribution is 0.629. The first-order valence-corrected chi connectivity index (χ1v) is 8.93. The summed E-state index contributed by atoms with van der Waals surface area (Å²) in [5.74, 6) is 0.371. The number of pyridine rings is 1. The van der Waals surface area contributed by atoms with Crippen LogP contribution in [0.2, 0.25) is 10.0 Å². The van der Waals surface area contributed by atoms with Gasteiger partial charge in [0.05, 0.1) is 21.6 Å². The molecule has 0 unspecified atom stereocenters. The highest BCUT2D eigenvalue weighted by molar-refractivity contribution is 6.38. The summed E-state index contributed by atoms with van der Waals surface area (Å²) >= 11 is 12.7. The van der Waals surface area contributed by atoms with E-state index in [1.807, 2.05) is 6.92 Å². The van der Waals surface area contributed by atoms with E-state index in [1.165, 1.54) is 11.0 Å². The van der Waals surface area contributed by atoms with Crippen molar-refractivity contribution in [1.29, 1.82) is 0 Å². The standard InChI is InChI=1S/C19H13Cl2FN6/c1-3-11-5-13(20)18(14(21)6-11)28-8-12-17(27-28)15(22)7-23-19(12)26-16-4-10(2)24-9-25-16/h3-9H,1H2,2H3,(H,23,24,25,26). The molecular formula is C19H13Cl2FN6. The van der Waals surface area contributed by atoms with E-state index in [9.17, 15) is 4.39 Å². The van der Waals surface area contributed by atoms with Gasteiger partial charge in [0.15, 0.2) is 5.82 Å². The molecule has 0 spiro atoms. The molecule has 4 aromatic rings. The van der Waals surface area contributed by atoms with Gasteiger partial charge in [-0.3, -0.25) is 0 Å². The second kappa shape index (κ2) is 7.18. The van der Waals surface area contributed by atoms with E-state index in [2.05, 4.69) is 31.9 Å². The van der Waals surface area contributed by atoms with Crippen molar-refractivity contribution in [3.63, 3.8) is 0 Å². The van der Waals surface area contributed by atoms with E-state index in [0.29, 0.717) is 32.8 Å². The van der Waals surface area contributed by atoms with Gasteiger partial charge in [0.25, 0.3) is 0 Å². The lowest BCUT2D eigenvalue weighted by atomic mass is 10.2. The molecule has 4 rings (SSSR count). The normalized spacial score (nSPS) is 11.0. The van der Waals surface area contributed by atoms with Gasteiger partial charge in [0.2, 0.25) is 0 Å². The zero-order valence-electron chi connectivity index (χ0n) is 14.6. The lowest BCUT2D eigenvalue weighted by Crippen LogP contribution is -1.98. The van der Waals surface area contributed by atoms with Crippen LogP contribution in [0.25, 0.3) is 22.7 Å². The zero-order chi connectivity index (χ0) is 19.8. The first-order chi connectivity index (χ1) is 13.5. The van der Waals surface area contributed by atoms with Crippen molar-refractivity contribution in [1.82, 2.24) is 24.7 Å². The van der Waals surface area contributed by atoms with Crippen LogP contribution in [-0.2, 0) is 0 Å². The van der Waals surface area contributed by atoms with Crippen LogP contribution in [-0.4, -0.2) is 24.7 Å². The topological polar surface area (TPSA) is 68.5 Å². The number of anilines is 2. The minimum Gasteiger partial charge on any atom is -0.324 e. The average Bonchev–Trinajstić information content (AvgIpc) is 3.09. The number of hydrogen-bond donors (Lipinski definition) is 1. The van der Waals surface area contributed by atoms with Gasteiger partial charge in [0, 0.05) is 18.0 Å². The van der Waals surface area contributed by atoms with E-state index in [-0.39, 0.29) is 5.52 Å². The number of rotatable bonds is 4. The van der Waals surface area contributed by atoms with Crippen LogP contribution >= 0.6 is 23.2 Å². The SMILES string of the molecule is C=Cc1cc(Cl)c(-n2cc3c(Nc4cc(C)ncn4)ncc(F)c3n2)c(Cl)c1. The molecule has 0 saturated carbocycles. The maximum atomic E-state index is 14.3. The monoisotopic (exact) mass is 414 g/mol. The number of aromatic nitrogens is 5. The molecule has 0 fully saturated rings. The van der Waals surface area contributed by atoms with Crippen LogP contribution in [0.1, 0.15) is 11.3 Å². The zero-order valence-corrected chi connectivity index (χ0v) is 16.1. The van der Waals surface area contributed by atoms with Crippen LogP contribution < -0.4 is 5.32 Å². The summed E-state index contributed by atoms with van der Waals surface area (Å²) < 4.78 is 15.8. The first-order valence-electron chi connectivity index (χ1n) is 8.17. The summed E-state index contributed by atoms with van der Waals surface area (Å²) in [6.07, 6.45) is 5.78. The van der Waals surface area contributed by atoms with Gasteiger partial charge in [-0.15, -0.1) is 0 Å². The summed E-state index contributed by atoms with van der Waals surface area (Å²) in [7, 11) is 0. The predicted octanol–water partition coefficient (Wildman–Crippen LogP) is 5.35. The van der Waals surface area contributed by atoms with Gasteiger partial charge in [-0.05, 0) is 24.6 Å². The number of benzene rings is 1. The fourth-order valence-corrected chi connectivity index (χ4v) is 3.43. The molecule has 0 saturated heterocycles. The van der Waals surface area contributed by atoms with E-state index < -0.39 is 5.82 Å². The molecule has 0 aliphatic heterocycles. The molecule has 0 atom stereocenters. The molecule has 0 aliphatic carbocycles. The highest BCUT2D eigenvalue weighted by atomic mass is 35.5. The summed E-state index contributed by atoms with van der Waals surface area (Å²) in [6.45, 7) is 5.55. The average molecular weight is 415 g/mol. The Hall–Kier alpha value is -3.03. The predicted molar refractivity (Wildman–Crippen MR) is 109 cm³/mol. The highest BCUT2D eigenvalue weighted by Crippen LogP contribution is 2.33.